The Labute approximate surface area is 159 Å². The van der Waals surface area contributed by atoms with Crippen LogP contribution in [0.2, 0.25) is 5.02 Å². The highest BCUT2D eigenvalue weighted by Crippen LogP contribution is 2.39. The number of carbonyl (C=O) groups excluding carboxylic acids is 1. The normalized spacial score (nSPS) is 14.3. The Bertz CT molecular complexity index is 1070. The second-order valence-electron chi connectivity index (χ2n) is 6.04. The summed E-state index contributed by atoms with van der Waals surface area (Å²) in [5.41, 5.74) is 1.01. The van der Waals surface area contributed by atoms with Crippen molar-refractivity contribution in [2.45, 2.75) is 28.6 Å². The van der Waals surface area contributed by atoms with Gasteiger partial charge < -0.3 is 5.32 Å². The molecule has 0 bridgehead atoms. The molecule has 1 amide bonds. The number of thiophene rings is 1. The van der Waals surface area contributed by atoms with Gasteiger partial charge in [-0.15, -0.1) is 11.3 Å². The maximum Gasteiger partial charge on any atom is 0.266 e. The van der Waals surface area contributed by atoms with Gasteiger partial charge in [0.25, 0.3) is 5.91 Å². The Morgan fingerprint density at radius 2 is 1.92 bits per heavy atom. The van der Waals surface area contributed by atoms with Gasteiger partial charge in [0.1, 0.15) is 0 Å². The zero-order valence-electron chi connectivity index (χ0n) is 13.4. The Morgan fingerprint density at radius 1 is 1.19 bits per heavy atom. The van der Waals surface area contributed by atoms with E-state index >= 15 is 0 Å². The molecular weight excluding hydrogens is 394 g/mol. The average molecular weight is 408 g/mol. The molecule has 2 N–H and O–H groups in total. The number of aromatic amines is 1. The van der Waals surface area contributed by atoms with Crippen molar-refractivity contribution in [2.75, 3.05) is 5.32 Å². The molecule has 26 heavy (non-hydrogen) atoms. The molecule has 0 radical (unpaired) electrons. The molecule has 0 aliphatic heterocycles. The molecule has 6 nitrogen and oxygen atoms in total. The van der Waals surface area contributed by atoms with Crippen LogP contribution in [-0.2, 0) is 9.84 Å². The van der Waals surface area contributed by atoms with Crippen LogP contribution in [0.15, 0.2) is 51.6 Å². The highest BCUT2D eigenvalue weighted by atomic mass is 35.5. The van der Waals surface area contributed by atoms with Crippen LogP contribution in [0.1, 0.15) is 34.1 Å². The standard InChI is InChI=1S/C17H14ClN3O3S2/c18-11-3-5-12(6-4-11)26(23,24)13-7-15(25-9-13)17(22)19-16-8-14(20-21-16)10-1-2-10/h3-10H,1-2H2,(H2,19,20,21,22). The van der Waals surface area contributed by atoms with Crippen molar-refractivity contribution < 1.29 is 13.2 Å². The summed E-state index contributed by atoms with van der Waals surface area (Å²) < 4.78 is 25.3. The molecule has 9 heteroatoms. The van der Waals surface area contributed by atoms with E-state index in [1.807, 2.05) is 6.07 Å². The van der Waals surface area contributed by atoms with Gasteiger partial charge in [-0.05, 0) is 43.2 Å². The average Bonchev–Trinajstić information content (AvgIpc) is 3.15. The smallest absolute Gasteiger partial charge is 0.266 e. The van der Waals surface area contributed by atoms with Crippen molar-refractivity contribution in [2.24, 2.45) is 0 Å². The number of halogens is 1. The van der Waals surface area contributed by atoms with Crippen molar-refractivity contribution in [1.82, 2.24) is 10.2 Å². The highest BCUT2D eigenvalue weighted by Gasteiger charge is 2.26. The van der Waals surface area contributed by atoms with E-state index in [1.54, 1.807) is 0 Å². The van der Waals surface area contributed by atoms with Crippen molar-refractivity contribution in [3.05, 3.63) is 57.4 Å². The number of H-pyrrole nitrogens is 1. The van der Waals surface area contributed by atoms with Crippen molar-refractivity contribution in [3.63, 3.8) is 0 Å². The number of amides is 1. The van der Waals surface area contributed by atoms with Gasteiger partial charge in [-0.1, -0.05) is 11.6 Å². The maximum absolute atomic E-state index is 12.6. The Balaban J connectivity index is 1.52. The van der Waals surface area contributed by atoms with Gasteiger partial charge in [0, 0.05) is 28.1 Å². The van der Waals surface area contributed by atoms with E-state index in [0.717, 1.165) is 29.9 Å². The van der Waals surface area contributed by atoms with E-state index in [-0.39, 0.29) is 15.7 Å². The summed E-state index contributed by atoms with van der Waals surface area (Å²) in [6.07, 6.45) is 2.26. The van der Waals surface area contributed by atoms with E-state index in [2.05, 4.69) is 15.5 Å². The van der Waals surface area contributed by atoms with E-state index in [0.29, 0.717) is 21.6 Å². The van der Waals surface area contributed by atoms with Crippen molar-refractivity contribution in [1.29, 1.82) is 0 Å². The number of benzene rings is 1. The van der Waals surface area contributed by atoms with Gasteiger partial charge in [-0.25, -0.2) is 8.42 Å². The summed E-state index contributed by atoms with van der Waals surface area (Å²) in [6, 6.07) is 9.11. The third-order valence-electron chi connectivity index (χ3n) is 4.09. The number of aromatic nitrogens is 2. The molecule has 1 aliphatic rings. The van der Waals surface area contributed by atoms with E-state index < -0.39 is 9.84 Å². The van der Waals surface area contributed by atoms with Crippen molar-refractivity contribution >= 4 is 44.5 Å². The number of carbonyl (C=O) groups is 1. The van der Waals surface area contributed by atoms with Crippen LogP contribution < -0.4 is 5.32 Å². The van der Waals surface area contributed by atoms with Crippen LogP contribution >= 0.6 is 22.9 Å². The van der Waals surface area contributed by atoms with Gasteiger partial charge in [-0.2, -0.15) is 5.10 Å². The summed E-state index contributed by atoms with van der Waals surface area (Å²) in [5, 5.41) is 11.6. The number of hydrogen-bond acceptors (Lipinski definition) is 5. The molecule has 1 fully saturated rings. The lowest BCUT2D eigenvalue weighted by molar-refractivity contribution is 0.103. The predicted octanol–water partition coefficient (Wildman–Crippen LogP) is 4.09. The zero-order valence-corrected chi connectivity index (χ0v) is 15.8. The first-order chi connectivity index (χ1) is 12.4. The Hall–Kier alpha value is -2.16. The van der Waals surface area contributed by atoms with Crippen LogP contribution in [0.3, 0.4) is 0 Å². The number of anilines is 1. The second kappa shape index (κ2) is 6.53. The number of nitrogens with zero attached hydrogens (tertiary/aromatic N) is 1. The van der Waals surface area contributed by atoms with Gasteiger partial charge in [-0.3, -0.25) is 9.89 Å². The topological polar surface area (TPSA) is 91.9 Å². The molecule has 2 aromatic heterocycles. The molecule has 2 heterocycles. The molecule has 0 atom stereocenters. The minimum Gasteiger partial charge on any atom is -0.304 e. The minimum atomic E-state index is -3.69. The van der Waals surface area contributed by atoms with E-state index in [4.69, 9.17) is 11.6 Å². The first-order valence-corrected chi connectivity index (χ1v) is 10.6. The van der Waals surface area contributed by atoms with Gasteiger partial charge >= 0.3 is 0 Å². The summed E-state index contributed by atoms with van der Waals surface area (Å²) in [5.74, 6) is 0.555. The fraction of sp³-hybridized carbons (Fsp3) is 0.176. The highest BCUT2D eigenvalue weighted by molar-refractivity contribution is 7.91. The maximum atomic E-state index is 12.6. The number of hydrogen-bond donors (Lipinski definition) is 2. The molecule has 0 saturated heterocycles. The van der Waals surface area contributed by atoms with Crippen LogP contribution in [0.4, 0.5) is 5.82 Å². The van der Waals surface area contributed by atoms with E-state index in [1.165, 1.54) is 35.7 Å². The van der Waals surface area contributed by atoms with Crippen LogP contribution in [-0.4, -0.2) is 24.5 Å². The molecule has 4 rings (SSSR count). The lowest BCUT2D eigenvalue weighted by Crippen LogP contribution is -2.10. The number of rotatable bonds is 5. The zero-order chi connectivity index (χ0) is 18.3. The Kier molecular flexibility index (Phi) is 4.34. The molecule has 0 spiro atoms. The minimum absolute atomic E-state index is 0.0793. The second-order valence-corrected chi connectivity index (χ2v) is 9.34. The molecule has 1 aromatic carbocycles. The van der Waals surface area contributed by atoms with Crippen molar-refractivity contribution in [3.8, 4) is 0 Å². The lowest BCUT2D eigenvalue weighted by Gasteiger charge is -2.02. The van der Waals surface area contributed by atoms with Crippen LogP contribution in [0, 0.1) is 0 Å². The van der Waals surface area contributed by atoms with Gasteiger partial charge in [0.05, 0.1) is 14.7 Å². The largest absolute Gasteiger partial charge is 0.304 e. The first-order valence-electron chi connectivity index (χ1n) is 7.89. The summed E-state index contributed by atoms with van der Waals surface area (Å²) >= 11 is 6.87. The Morgan fingerprint density at radius 3 is 2.62 bits per heavy atom. The quantitative estimate of drug-likeness (QED) is 0.666. The molecule has 0 unspecified atom stereocenters. The lowest BCUT2D eigenvalue weighted by atomic mass is 10.3. The monoisotopic (exact) mass is 407 g/mol. The SMILES string of the molecule is O=C(Nc1cc(C2CC2)[nH]n1)c1cc(S(=O)(=O)c2ccc(Cl)cc2)cs1. The third-order valence-corrected chi connectivity index (χ3v) is 7.17. The van der Waals surface area contributed by atoms with Crippen LogP contribution in [0.5, 0.6) is 0 Å². The van der Waals surface area contributed by atoms with E-state index in [9.17, 15) is 13.2 Å². The summed E-state index contributed by atoms with van der Waals surface area (Å²) in [6.45, 7) is 0. The molecule has 134 valence electrons. The predicted molar refractivity (Wildman–Crippen MR) is 99.7 cm³/mol. The third kappa shape index (κ3) is 3.40. The molecule has 3 aromatic rings. The van der Waals surface area contributed by atoms with Crippen LogP contribution in [0.25, 0.3) is 0 Å². The first kappa shape index (κ1) is 17.3. The molecule has 1 saturated carbocycles. The molecule has 1 aliphatic carbocycles. The number of sulfone groups is 1. The fourth-order valence-corrected chi connectivity index (χ4v) is 5.07. The fourth-order valence-electron chi connectivity index (χ4n) is 2.51. The molecular formula is C17H14ClN3O3S2. The summed E-state index contributed by atoms with van der Waals surface area (Å²) in [4.78, 5) is 12.9. The summed E-state index contributed by atoms with van der Waals surface area (Å²) in [7, 11) is -3.69. The van der Waals surface area contributed by atoms with Gasteiger partial charge in [0.2, 0.25) is 9.84 Å². The number of nitrogens with one attached hydrogen (secondary N) is 2. The van der Waals surface area contributed by atoms with Gasteiger partial charge in [0.15, 0.2) is 5.82 Å².